The first-order valence-corrected chi connectivity index (χ1v) is 9.30. The molecule has 1 N–H and O–H groups in total. The van der Waals surface area contributed by atoms with Crippen molar-refractivity contribution in [2.24, 2.45) is 0 Å². The third-order valence-corrected chi connectivity index (χ3v) is 7.08. The summed E-state index contributed by atoms with van der Waals surface area (Å²) < 4.78 is 47.0. The maximum Gasteiger partial charge on any atom is 0.340 e. The largest absolute Gasteiger partial charge is 0.602 e. The van der Waals surface area contributed by atoms with Crippen molar-refractivity contribution in [1.82, 2.24) is 0 Å². The van der Waals surface area contributed by atoms with E-state index < -0.39 is 23.9 Å². The van der Waals surface area contributed by atoms with Gasteiger partial charge in [0.2, 0.25) is 0 Å². The lowest BCUT2D eigenvalue weighted by molar-refractivity contribution is -0.548. The zero-order valence-corrected chi connectivity index (χ0v) is 13.6. The van der Waals surface area contributed by atoms with Crippen LogP contribution in [0.3, 0.4) is 0 Å². The number of hydrogen-bond acceptors (Lipinski definition) is 5. The van der Waals surface area contributed by atoms with Crippen molar-refractivity contribution in [3.05, 3.63) is 64.9 Å². The first-order valence-electron chi connectivity index (χ1n) is 6.33. The summed E-state index contributed by atoms with van der Waals surface area (Å²) in [5.41, 5.74) is 1.60. The van der Waals surface area contributed by atoms with Crippen LogP contribution in [-0.4, -0.2) is 16.8 Å². The van der Waals surface area contributed by atoms with Crippen LogP contribution < -0.4 is 3.87 Å². The molecule has 0 aliphatic heterocycles. The molecule has 0 aliphatic rings. The molecule has 0 unspecified atom stereocenters. The van der Waals surface area contributed by atoms with E-state index in [9.17, 15) is 22.0 Å². The smallest absolute Gasteiger partial charge is 0.340 e. The first-order chi connectivity index (χ1) is 10.2. The summed E-state index contributed by atoms with van der Waals surface area (Å²) in [6.45, 7) is 3.50. The van der Waals surface area contributed by atoms with Crippen LogP contribution in [0.1, 0.15) is 11.1 Å². The molecule has 8 heteroatoms. The Balaban J connectivity index is 2.47. The van der Waals surface area contributed by atoms with Crippen molar-refractivity contribution in [2.45, 2.75) is 23.6 Å². The normalized spacial score (nSPS) is 12.5. The van der Waals surface area contributed by atoms with E-state index in [0.717, 1.165) is 11.1 Å². The fourth-order valence-corrected chi connectivity index (χ4v) is 4.88. The minimum Gasteiger partial charge on any atom is -0.602 e. The van der Waals surface area contributed by atoms with Gasteiger partial charge < -0.3 is 5.21 Å². The molecular weight excluding hydrogens is 326 g/mol. The van der Waals surface area contributed by atoms with E-state index in [0.29, 0.717) is 0 Å². The summed E-state index contributed by atoms with van der Waals surface area (Å²) >= 11 is 0. The highest BCUT2D eigenvalue weighted by Crippen LogP contribution is 2.12. The lowest BCUT2D eigenvalue weighted by atomic mass is 10.2. The summed E-state index contributed by atoms with van der Waals surface area (Å²) in [5, 5.41) is 12.1. The van der Waals surface area contributed by atoms with Gasteiger partial charge in [-0.15, -0.1) is 0 Å². The van der Waals surface area contributed by atoms with E-state index in [1.165, 1.54) is 48.5 Å². The summed E-state index contributed by atoms with van der Waals surface area (Å²) in [4.78, 5) is -0.669. The van der Waals surface area contributed by atoms with E-state index in [1.807, 2.05) is 0 Å². The fraction of sp³-hybridized carbons (Fsp3) is 0.143. The Labute approximate surface area is 129 Å². The van der Waals surface area contributed by atoms with Gasteiger partial charge in [0.05, 0.1) is 0 Å². The van der Waals surface area contributed by atoms with Crippen LogP contribution in [0.15, 0.2) is 58.3 Å². The molecule has 2 aromatic carbocycles. The van der Waals surface area contributed by atoms with Crippen LogP contribution in [0.5, 0.6) is 0 Å². The zero-order valence-electron chi connectivity index (χ0n) is 12.0. The second kappa shape index (κ2) is 5.81. The van der Waals surface area contributed by atoms with Crippen molar-refractivity contribution in [1.29, 1.82) is 0 Å². The SMILES string of the molecule is Cc1ccc(S(=O)(=O)[NH+]([O-])S(=O)(=O)c2ccc(C)cc2)cc1. The van der Waals surface area contributed by atoms with Gasteiger partial charge in [0.1, 0.15) is 9.79 Å². The zero-order chi connectivity index (χ0) is 16.5. The molecule has 0 saturated heterocycles. The molecule has 0 aliphatic carbocycles. The molecule has 118 valence electrons. The van der Waals surface area contributed by atoms with Crippen molar-refractivity contribution >= 4 is 20.0 Å². The first kappa shape index (κ1) is 16.6. The Morgan fingerprint density at radius 3 is 1.23 bits per heavy atom. The maximum atomic E-state index is 12.2. The second-order valence-corrected chi connectivity index (χ2v) is 8.84. The number of benzene rings is 2. The number of rotatable bonds is 4. The monoisotopic (exact) mass is 341 g/mol. The minimum atomic E-state index is -4.60. The van der Waals surface area contributed by atoms with Crippen LogP contribution in [0.4, 0.5) is 0 Å². The average molecular weight is 341 g/mol. The van der Waals surface area contributed by atoms with E-state index in [2.05, 4.69) is 0 Å². The standard InChI is InChI=1S/C14H15NO5S2/c1-11-3-7-13(8-4-11)21(17,18)15(16)22(19,20)14-9-5-12(2)6-10-14/h3-10,15H,1-2H3. The van der Waals surface area contributed by atoms with Crippen molar-refractivity contribution < 1.29 is 20.7 Å². The predicted octanol–water partition coefficient (Wildman–Crippen LogP) is 0.764. The predicted molar refractivity (Wildman–Crippen MR) is 81.1 cm³/mol. The molecule has 6 nitrogen and oxygen atoms in total. The molecule has 0 heterocycles. The molecule has 0 atom stereocenters. The Morgan fingerprint density at radius 2 is 0.955 bits per heavy atom. The molecule has 22 heavy (non-hydrogen) atoms. The molecule has 0 aromatic heterocycles. The lowest BCUT2D eigenvalue weighted by Crippen LogP contribution is -3.10. The number of sulfonamides is 2. The fourth-order valence-electron chi connectivity index (χ4n) is 1.77. The maximum absolute atomic E-state index is 12.2. The molecule has 0 radical (unpaired) electrons. The lowest BCUT2D eigenvalue weighted by Gasteiger charge is -2.20. The van der Waals surface area contributed by atoms with Gasteiger partial charge in [0.25, 0.3) is 0 Å². The summed E-state index contributed by atoms with van der Waals surface area (Å²) in [5.74, 6) is 0. The second-order valence-electron chi connectivity index (χ2n) is 4.88. The molecular formula is C14H15NO5S2. The van der Waals surface area contributed by atoms with Crippen LogP contribution >= 0.6 is 0 Å². The highest BCUT2D eigenvalue weighted by Gasteiger charge is 2.34. The highest BCUT2D eigenvalue weighted by molar-refractivity contribution is 7.97. The molecule has 0 fully saturated rings. The average Bonchev–Trinajstić information content (AvgIpc) is 2.47. The third-order valence-electron chi connectivity index (χ3n) is 3.10. The van der Waals surface area contributed by atoms with Crippen LogP contribution in [-0.2, 0) is 20.0 Å². The van der Waals surface area contributed by atoms with E-state index in [-0.39, 0.29) is 9.79 Å². The Hall–Kier alpha value is -1.74. The number of nitrogens with one attached hydrogen (secondary N) is 1. The van der Waals surface area contributed by atoms with Gasteiger partial charge in [0.15, 0.2) is 0 Å². The Bertz CT molecular complexity index is 794. The third kappa shape index (κ3) is 3.05. The van der Waals surface area contributed by atoms with Gasteiger partial charge in [-0.05, 0) is 38.1 Å². The molecule has 2 rings (SSSR count). The quantitative estimate of drug-likeness (QED) is 0.829. The van der Waals surface area contributed by atoms with Crippen molar-refractivity contribution in [2.75, 3.05) is 0 Å². The molecule has 0 saturated carbocycles. The molecule has 0 bridgehead atoms. The van der Waals surface area contributed by atoms with Crippen LogP contribution in [0.25, 0.3) is 0 Å². The molecule has 0 amide bonds. The molecule has 0 spiro atoms. The van der Waals surface area contributed by atoms with Crippen LogP contribution in [0, 0.1) is 19.1 Å². The topological polar surface area (TPSA) is 95.8 Å². The number of aryl methyl sites for hydroxylation is 2. The Kier molecular flexibility index (Phi) is 4.39. The van der Waals surface area contributed by atoms with E-state index >= 15 is 0 Å². The highest BCUT2D eigenvalue weighted by atomic mass is 32.3. The molecule has 2 aromatic rings. The summed E-state index contributed by atoms with van der Waals surface area (Å²) in [6.07, 6.45) is 0. The van der Waals surface area contributed by atoms with Crippen LogP contribution in [0.2, 0.25) is 0 Å². The van der Waals surface area contributed by atoms with Gasteiger partial charge in [-0.2, -0.15) is 20.7 Å². The van der Waals surface area contributed by atoms with Gasteiger partial charge in [-0.3, -0.25) is 0 Å². The minimum absolute atomic E-state index is 0.334. The number of quaternary nitrogens is 1. The van der Waals surface area contributed by atoms with E-state index in [4.69, 9.17) is 0 Å². The summed E-state index contributed by atoms with van der Waals surface area (Å²) in [6, 6.07) is 10.9. The van der Waals surface area contributed by atoms with Gasteiger partial charge in [-0.25, -0.2) is 0 Å². The van der Waals surface area contributed by atoms with Crippen molar-refractivity contribution in [3.63, 3.8) is 0 Å². The van der Waals surface area contributed by atoms with Gasteiger partial charge in [-0.1, -0.05) is 35.4 Å². The van der Waals surface area contributed by atoms with E-state index in [1.54, 1.807) is 13.8 Å². The van der Waals surface area contributed by atoms with Gasteiger partial charge >= 0.3 is 20.0 Å². The van der Waals surface area contributed by atoms with Crippen molar-refractivity contribution in [3.8, 4) is 0 Å². The Morgan fingerprint density at radius 1 is 0.682 bits per heavy atom. The summed E-state index contributed by atoms with van der Waals surface area (Å²) in [7, 11) is -9.20. The number of hydrogen-bond donors (Lipinski definition) is 1. The van der Waals surface area contributed by atoms with Gasteiger partial charge in [0, 0.05) is 0 Å².